The van der Waals surface area contributed by atoms with Crippen molar-refractivity contribution in [2.75, 3.05) is 19.7 Å². The fourth-order valence-corrected chi connectivity index (χ4v) is 3.61. The lowest BCUT2D eigenvalue weighted by atomic mass is 9.93. The Bertz CT molecular complexity index is 789. The van der Waals surface area contributed by atoms with Gasteiger partial charge >= 0.3 is 0 Å². The summed E-state index contributed by atoms with van der Waals surface area (Å²) in [6, 6.07) is 17.5. The molecule has 1 heterocycles. The van der Waals surface area contributed by atoms with Gasteiger partial charge in [0.15, 0.2) is 12.4 Å². The van der Waals surface area contributed by atoms with E-state index in [0.717, 1.165) is 26.1 Å². The lowest BCUT2D eigenvalue weighted by Crippen LogP contribution is -2.50. The quantitative estimate of drug-likeness (QED) is 0.749. The summed E-state index contributed by atoms with van der Waals surface area (Å²) in [5, 5.41) is 3.11. The molecule has 2 atom stereocenters. The monoisotopic (exact) mass is 380 g/mol. The molecule has 1 amide bonds. The summed E-state index contributed by atoms with van der Waals surface area (Å²) in [7, 11) is 0. The molecule has 2 aromatic carbocycles. The van der Waals surface area contributed by atoms with E-state index >= 15 is 0 Å². The van der Waals surface area contributed by atoms with Crippen molar-refractivity contribution in [2.45, 2.75) is 32.9 Å². The summed E-state index contributed by atoms with van der Waals surface area (Å²) in [5.41, 5.74) is 1.95. The van der Waals surface area contributed by atoms with Crippen molar-refractivity contribution in [1.82, 2.24) is 10.2 Å². The average molecular weight is 380 g/mol. The molecule has 0 aliphatic carbocycles. The number of hydrogen-bond acceptors (Lipinski definition) is 4. The zero-order valence-corrected chi connectivity index (χ0v) is 16.6. The number of nitrogens with zero attached hydrogens (tertiary/aromatic N) is 1. The van der Waals surface area contributed by atoms with E-state index in [9.17, 15) is 9.59 Å². The number of likely N-dealkylation sites (tertiary alicyclic amines) is 1. The van der Waals surface area contributed by atoms with Gasteiger partial charge in [0.1, 0.15) is 5.75 Å². The summed E-state index contributed by atoms with van der Waals surface area (Å²) < 4.78 is 5.55. The molecule has 1 aliphatic heterocycles. The van der Waals surface area contributed by atoms with Crippen LogP contribution in [0.2, 0.25) is 0 Å². The highest BCUT2D eigenvalue weighted by Gasteiger charge is 2.27. The van der Waals surface area contributed by atoms with Gasteiger partial charge < -0.3 is 10.1 Å². The lowest BCUT2D eigenvalue weighted by molar-refractivity contribution is -0.124. The predicted octanol–water partition coefficient (Wildman–Crippen LogP) is 3.29. The van der Waals surface area contributed by atoms with E-state index in [1.54, 1.807) is 24.3 Å². The first-order valence-electron chi connectivity index (χ1n) is 9.80. The number of carbonyl (C=O) groups excluding carboxylic acids is 2. The van der Waals surface area contributed by atoms with Crippen molar-refractivity contribution in [2.24, 2.45) is 5.92 Å². The first kappa shape index (κ1) is 20.1. The van der Waals surface area contributed by atoms with Crippen LogP contribution in [0.25, 0.3) is 0 Å². The third-order valence-electron chi connectivity index (χ3n) is 5.22. The van der Waals surface area contributed by atoms with Gasteiger partial charge in [-0.3, -0.25) is 14.5 Å². The third kappa shape index (κ3) is 5.67. The molecule has 0 saturated carbocycles. The van der Waals surface area contributed by atoms with Crippen LogP contribution in [0.3, 0.4) is 0 Å². The molecular weight excluding hydrogens is 352 g/mol. The first-order chi connectivity index (χ1) is 13.5. The Labute approximate surface area is 166 Å². The number of nitrogens with one attached hydrogen (secondary N) is 1. The van der Waals surface area contributed by atoms with Gasteiger partial charge in [0.05, 0.1) is 0 Å². The Kier molecular flexibility index (Phi) is 6.82. The minimum atomic E-state index is -0.107. The van der Waals surface area contributed by atoms with Gasteiger partial charge in [0, 0.05) is 31.2 Å². The van der Waals surface area contributed by atoms with E-state index in [0.29, 0.717) is 17.2 Å². The molecule has 3 rings (SSSR count). The molecule has 5 nitrogen and oxygen atoms in total. The van der Waals surface area contributed by atoms with Gasteiger partial charge in [0.25, 0.3) is 5.91 Å². The Morgan fingerprint density at radius 3 is 2.46 bits per heavy atom. The van der Waals surface area contributed by atoms with Gasteiger partial charge in [-0.2, -0.15) is 0 Å². The molecule has 5 heteroatoms. The SMILES string of the molecule is CC(=O)c1ccc(OCC(=O)NC2CCN(Cc3ccccc3)CC2C)cc1. The van der Waals surface area contributed by atoms with Crippen LogP contribution in [0.15, 0.2) is 54.6 Å². The van der Waals surface area contributed by atoms with E-state index in [1.165, 1.54) is 12.5 Å². The highest BCUT2D eigenvalue weighted by molar-refractivity contribution is 5.94. The Morgan fingerprint density at radius 1 is 1.11 bits per heavy atom. The second-order valence-corrected chi connectivity index (χ2v) is 7.53. The number of Topliss-reactive ketones (excluding diaryl/α,β-unsaturated/α-hetero) is 1. The largest absolute Gasteiger partial charge is 0.484 e. The molecule has 1 fully saturated rings. The summed E-state index contributed by atoms with van der Waals surface area (Å²) in [4.78, 5) is 26.0. The fraction of sp³-hybridized carbons (Fsp3) is 0.391. The van der Waals surface area contributed by atoms with Crippen LogP contribution in [0.1, 0.15) is 36.2 Å². The van der Waals surface area contributed by atoms with Crippen molar-refractivity contribution in [3.05, 3.63) is 65.7 Å². The molecular formula is C23H28N2O3. The highest BCUT2D eigenvalue weighted by atomic mass is 16.5. The second-order valence-electron chi connectivity index (χ2n) is 7.53. The molecule has 1 aliphatic rings. The van der Waals surface area contributed by atoms with E-state index in [-0.39, 0.29) is 24.3 Å². The number of rotatable bonds is 7. The maximum Gasteiger partial charge on any atom is 0.258 e. The summed E-state index contributed by atoms with van der Waals surface area (Å²) in [5.74, 6) is 0.878. The van der Waals surface area contributed by atoms with Crippen molar-refractivity contribution in [3.63, 3.8) is 0 Å². The van der Waals surface area contributed by atoms with Crippen LogP contribution >= 0.6 is 0 Å². The molecule has 2 aromatic rings. The average Bonchev–Trinajstić information content (AvgIpc) is 2.69. The van der Waals surface area contributed by atoms with Gasteiger partial charge in [-0.15, -0.1) is 0 Å². The number of hydrogen-bond donors (Lipinski definition) is 1. The molecule has 0 bridgehead atoms. The van der Waals surface area contributed by atoms with Crippen molar-refractivity contribution in [1.29, 1.82) is 0 Å². The van der Waals surface area contributed by atoms with Gasteiger partial charge in [-0.1, -0.05) is 37.3 Å². The Morgan fingerprint density at radius 2 is 1.82 bits per heavy atom. The molecule has 148 valence electrons. The molecule has 0 radical (unpaired) electrons. The number of ether oxygens (including phenoxy) is 1. The van der Waals surface area contributed by atoms with E-state index < -0.39 is 0 Å². The summed E-state index contributed by atoms with van der Waals surface area (Å²) >= 11 is 0. The Hall–Kier alpha value is -2.66. The van der Waals surface area contributed by atoms with Crippen LogP contribution in [-0.2, 0) is 11.3 Å². The number of amides is 1. The number of carbonyl (C=O) groups is 2. The number of piperidine rings is 1. The normalized spacial score (nSPS) is 19.8. The van der Waals surface area contributed by atoms with Crippen molar-refractivity contribution < 1.29 is 14.3 Å². The van der Waals surface area contributed by atoms with Gasteiger partial charge in [0.2, 0.25) is 0 Å². The second kappa shape index (κ2) is 9.51. The fourth-order valence-electron chi connectivity index (χ4n) is 3.61. The minimum absolute atomic E-state index is 0.0110. The van der Waals surface area contributed by atoms with Crippen LogP contribution < -0.4 is 10.1 Å². The smallest absolute Gasteiger partial charge is 0.258 e. The zero-order valence-electron chi connectivity index (χ0n) is 16.6. The number of benzene rings is 2. The molecule has 28 heavy (non-hydrogen) atoms. The molecule has 0 aromatic heterocycles. The van der Waals surface area contributed by atoms with E-state index in [4.69, 9.17) is 4.74 Å². The van der Waals surface area contributed by atoms with Gasteiger partial charge in [-0.25, -0.2) is 0 Å². The lowest BCUT2D eigenvalue weighted by Gasteiger charge is -2.37. The van der Waals surface area contributed by atoms with E-state index in [1.807, 2.05) is 6.07 Å². The van der Waals surface area contributed by atoms with Crippen molar-refractivity contribution >= 4 is 11.7 Å². The zero-order chi connectivity index (χ0) is 19.9. The maximum absolute atomic E-state index is 12.3. The van der Waals surface area contributed by atoms with E-state index in [2.05, 4.69) is 41.4 Å². The van der Waals surface area contributed by atoms with Crippen LogP contribution in [0.4, 0.5) is 0 Å². The molecule has 2 unspecified atom stereocenters. The summed E-state index contributed by atoms with van der Waals surface area (Å²) in [6.07, 6.45) is 0.938. The molecule has 1 saturated heterocycles. The first-order valence-corrected chi connectivity index (χ1v) is 9.80. The standard InChI is InChI=1S/C23H28N2O3/c1-17-14-25(15-19-6-4-3-5-7-19)13-12-22(17)24-23(27)16-28-21-10-8-20(9-11-21)18(2)26/h3-11,17,22H,12-16H2,1-2H3,(H,24,27). The predicted molar refractivity (Wildman–Crippen MR) is 109 cm³/mol. The van der Waals surface area contributed by atoms with Crippen LogP contribution in [-0.4, -0.2) is 42.3 Å². The van der Waals surface area contributed by atoms with Crippen molar-refractivity contribution in [3.8, 4) is 5.75 Å². The Balaban J connectivity index is 1.42. The minimum Gasteiger partial charge on any atom is -0.484 e. The number of ketones is 1. The molecule has 1 N–H and O–H groups in total. The van der Waals surface area contributed by atoms with Crippen LogP contribution in [0.5, 0.6) is 5.75 Å². The highest BCUT2D eigenvalue weighted by Crippen LogP contribution is 2.19. The van der Waals surface area contributed by atoms with Gasteiger partial charge in [-0.05, 0) is 49.1 Å². The summed E-state index contributed by atoms with van der Waals surface area (Å²) in [6.45, 7) is 6.57. The van der Waals surface area contributed by atoms with Crippen LogP contribution in [0, 0.1) is 5.92 Å². The maximum atomic E-state index is 12.3. The topological polar surface area (TPSA) is 58.6 Å². The third-order valence-corrected chi connectivity index (χ3v) is 5.22. The molecule has 0 spiro atoms.